The summed E-state index contributed by atoms with van der Waals surface area (Å²) in [4.78, 5) is 55.1. The normalized spacial score (nSPS) is 12.9. The highest BCUT2D eigenvalue weighted by Gasteiger charge is 2.25. The average Bonchev–Trinajstić information content (AvgIpc) is 3.21. The van der Waals surface area contributed by atoms with Gasteiger partial charge in [0.25, 0.3) is 5.91 Å². The van der Waals surface area contributed by atoms with Gasteiger partial charge in [-0.1, -0.05) is 206 Å². The molecule has 9 heteroatoms. The summed E-state index contributed by atoms with van der Waals surface area (Å²) in [5.41, 5.74) is 0.338. The number of nitrogens with zero attached hydrogens (tertiary/aromatic N) is 1. The number of carbonyl (C=O) groups excluding carboxylic acids is 4. The summed E-state index contributed by atoms with van der Waals surface area (Å²) in [5, 5.41) is 4.08. The van der Waals surface area contributed by atoms with Crippen molar-refractivity contribution in [3.05, 3.63) is 23.9 Å². The summed E-state index contributed by atoms with van der Waals surface area (Å²) in [6.45, 7) is 6.71. The van der Waals surface area contributed by atoms with Crippen molar-refractivity contribution in [3.63, 3.8) is 0 Å². The van der Waals surface area contributed by atoms with Gasteiger partial charge in [0.1, 0.15) is 6.04 Å². The van der Waals surface area contributed by atoms with E-state index < -0.39 is 23.9 Å². The van der Waals surface area contributed by atoms with E-state index in [0.29, 0.717) is 12.2 Å². The second kappa shape index (κ2) is 39.6. The highest BCUT2D eigenvalue weighted by molar-refractivity contribution is 5.98. The highest BCUT2D eigenvalue weighted by atomic mass is 16.7. The van der Waals surface area contributed by atoms with Gasteiger partial charge in [-0.05, 0) is 31.4 Å². The van der Waals surface area contributed by atoms with Gasteiger partial charge < -0.3 is 19.6 Å². The van der Waals surface area contributed by atoms with Crippen molar-refractivity contribution in [2.24, 2.45) is 0 Å². The summed E-state index contributed by atoms with van der Waals surface area (Å²) >= 11 is 0. The largest absolute Gasteiger partial charge is 0.466 e. The molecule has 58 heavy (non-hydrogen) atoms. The van der Waals surface area contributed by atoms with Crippen molar-refractivity contribution in [2.45, 2.75) is 245 Å². The van der Waals surface area contributed by atoms with E-state index in [0.717, 1.165) is 38.5 Å². The average molecular weight is 817 g/mol. The summed E-state index contributed by atoms with van der Waals surface area (Å²) in [6.07, 6.45) is 45.6. The molecule has 336 valence electrons. The maximum Gasteiger partial charge on any atom is 0.329 e. The number of unbranched alkanes of at least 4 members (excludes halogenated alkanes) is 30. The van der Waals surface area contributed by atoms with E-state index >= 15 is 0 Å². The smallest absolute Gasteiger partial charge is 0.329 e. The van der Waals surface area contributed by atoms with Crippen LogP contribution in [0.3, 0.4) is 0 Å². The third kappa shape index (κ3) is 33.0. The van der Waals surface area contributed by atoms with E-state index in [4.69, 9.17) is 14.3 Å². The van der Waals surface area contributed by atoms with Crippen LogP contribution in [-0.2, 0) is 33.5 Å². The first-order valence-electron chi connectivity index (χ1n) is 24.3. The minimum atomic E-state index is -0.975. The van der Waals surface area contributed by atoms with Gasteiger partial charge in [0.15, 0.2) is 0 Å². The first kappa shape index (κ1) is 53.2. The molecule has 0 aromatic carbocycles. The molecule has 9 nitrogen and oxygen atoms in total. The molecule has 1 atom stereocenters. The molecule has 1 unspecified atom stereocenters. The van der Waals surface area contributed by atoms with E-state index in [-0.39, 0.29) is 32.0 Å². The molecule has 0 saturated carbocycles. The molecular weight excluding hydrogens is 729 g/mol. The number of hydroxylamine groups is 2. The van der Waals surface area contributed by atoms with Gasteiger partial charge in [-0.25, -0.2) is 9.86 Å². The van der Waals surface area contributed by atoms with E-state index in [1.807, 2.05) is 0 Å². The van der Waals surface area contributed by atoms with Crippen LogP contribution in [0, 0.1) is 0 Å². The van der Waals surface area contributed by atoms with Gasteiger partial charge in [-0.3, -0.25) is 14.4 Å². The van der Waals surface area contributed by atoms with E-state index in [2.05, 4.69) is 19.2 Å². The van der Waals surface area contributed by atoms with Crippen molar-refractivity contribution in [1.29, 1.82) is 0 Å². The Labute approximate surface area is 355 Å². The van der Waals surface area contributed by atoms with Crippen LogP contribution in [0.1, 0.15) is 239 Å². The maximum absolute atomic E-state index is 13.1. The van der Waals surface area contributed by atoms with Crippen LogP contribution in [-0.4, -0.2) is 54.7 Å². The Morgan fingerprint density at radius 1 is 0.569 bits per heavy atom. The Morgan fingerprint density at radius 3 is 1.31 bits per heavy atom. The quantitative estimate of drug-likeness (QED) is 0.0480. The molecule has 1 amide bonds. The molecule has 0 bridgehead atoms. The Kier molecular flexibility index (Phi) is 36.3. The van der Waals surface area contributed by atoms with Crippen LogP contribution >= 0.6 is 0 Å². The topological polar surface area (TPSA) is 111 Å². The molecule has 1 heterocycles. The molecule has 0 aromatic heterocycles. The van der Waals surface area contributed by atoms with Crippen LogP contribution < -0.4 is 5.32 Å². The SMILES string of the molecule is CCCCCCCCCCCCCCCCCCOC(=O)CCC(NC(=O)C1=CCN(OC(C)=O)C=C1)C(=O)OCCCCCCCCCCCCCCCCCC. The van der Waals surface area contributed by atoms with E-state index in [9.17, 15) is 19.2 Å². The van der Waals surface area contributed by atoms with Gasteiger partial charge in [-0.15, -0.1) is 0 Å². The molecule has 0 aliphatic carbocycles. The van der Waals surface area contributed by atoms with Crippen molar-refractivity contribution >= 4 is 23.8 Å². The minimum Gasteiger partial charge on any atom is -0.466 e. The molecule has 0 fully saturated rings. The number of carbonyl (C=O) groups is 4. The van der Waals surface area contributed by atoms with Crippen LogP contribution in [0.2, 0.25) is 0 Å². The number of rotatable bonds is 41. The van der Waals surface area contributed by atoms with Crippen molar-refractivity contribution < 1.29 is 33.5 Å². The lowest BCUT2D eigenvalue weighted by Crippen LogP contribution is -2.43. The molecule has 0 saturated heterocycles. The first-order valence-corrected chi connectivity index (χ1v) is 24.3. The number of hydrogen-bond donors (Lipinski definition) is 1. The molecule has 1 aliphatic heterocycles. The molecule has 1 rings (SSSR count). The number of nitrogens with one attached hydrogen (secondary N) is 1. The van der Waals surface area contributed by atoms with Crippen molar-refractivity contribution in [3.8, 4) is 0 Å². The summed E-state index contributed by atoms with van der Waals surface area (Å²) in [5.74, 6) is -1.83. The van der Waals surface area contributed by atoms with Crippen LogP contribution in [0.15, 0.2) is 23.9 Å². The zero-order valence-electron chi connectivity index (χ0n) is 37.8. The first-order chi connectivity index (χ1) is 28.4. The summed E-state index contributed by atoms with van der Waals surface area (Å²) in [7, 11) is 0. The van der Waals surface area contributed by atoms with Crippen molar-refractivity contribution in [2.75, 3.05) is 19.8 Å². The van der Waals surface area contributed by atoms with Gasteiger partial charge in [0, 0.05) is 25.1 Å². The summed E-state index contributed by atoms with van der Waals surface area (Å²) in [6, 6.07) is -0.975. The Hall–Kier alpha value is -2.84. The third-order valence-electron chi connectivity index (χ3n) is 11.1. The Morgan fingerprint density at radius 2 is 0.948 bits per heavy atom. The second-order valence-electron chi connectivity index (χ2n) is 16.7. The molecular formula is C49H88N2O7. The lowest BCUT2D eigenvalue weighted by atomic mass is 10.0. The lowest BCUT2D eigenvalue weighted by molar-refractivity contribution is -0.173. The van der Waals surface area contributed by atoms with Gasteiger partial charge in [0.2, 0.25) is 0 Å². The van der Waals surface area contributed by atoms with E-state index in [1.165, 1.54) is 191 Å². The molecule has 1 aliphatic rings. The molecule has 0 radical (unpaired) electrons. The zero-order chi connectivity index (χ0) is 42.2. The summed E-state index contributed by atoms with van der Waals surface area (Å²) < 4.78 is 11.1. The van der Waals surface area contributed by atoms with E-state index in [1.54, 1.807) is 6.08 Å². The van der Waals surface area contributed by atoms with Crippen LogP contribution in [0.4, 0.5) is 0 Å². The monoisotopic (exact) mass is 817 g/mol. The highest BCUT2D eigenvalue weighted by Crippen LogP contribution is 2.16. The van der Waals surface area contributed by atoms with Crippen LogP contribution in [0.25, 0.3) is 0 Å². The molecule has 1 N–H and O–H groups in total. The Balaban J connectivity index is 2.27. The fraction of sp³-hybridized carbons (Fsp3) is 0.837. The Bertz CT molecular complexity index is 1090. The second-order valence-corrected chi connectivity index (χ2v) is 16.7. The van der Waals surface area contributed by atoms with Crippen LogP contribution in [0.5, 0.6) is 0 Å². The predicted octanol–water partition coefficient (Wildman–Crippen LogP) is 13.1. The molecule has 0 spiro atoms. The lowest BCUT2D eigenvalue weighted by Gasteiger charge is -2.22. The predicted molar refractivity (Wildman–Crippen MR) is 238 cm³/mol. The molecule has 0 aromatic rings. The zero-order valence-corrected chi connectivity index (χ0v) is 37.8. The van der Waals surface area contributed by atoms with Gasteiger partial charge >= 0.3 is 17.9 Å². The number of amides is 1. The minimum absolute atomic E-state index is 0.00701. The van der Waals surface area contributed by atoms with Crippen molar-refractivity contribution in [1.82, 2.24) is 10.4 Å². The number of esters is 2. The fourth-order valence-corrected chi connectivity index (χ4v) is 7.47. The third-order valence-corrected chi connectivity index (χ3v) is 11.1. The fourth-order valence-electron chi connectivity index (χ4n) is 7.47. The number of ether oxygens (including phenoxy) is 2. The number of hydrogen-bond acceptors (Lipinski definition) is 8. The standard InChI is InChI=1S/C49H88N2O7/c1-4-6-8-10-12-14-16-18-20-22-24-26-28-30-32-34-42-56-47(53)37-36-46(50-48(54)45-38-40-51(41-39-45)58-44(3)52)49(55)57-43-35-33-31-29-27-25-23-21-19-17-15-13-11-9-7-5-2/h38-40,46H,4-37,41-43H2,1-3H3,(H,50,54). The van der Waals surface area contributed by atoms with Gasteiger partial charge in [0.05, 0.1) is 19.8 Å². The van der Waals surface area contributed by atoms with Gasteiger partial charge in [-0.2, -0.15) is 0 Å². The maximum atomic E-state index is 13.1.